The van der Waals surface area contributed by atoms with Crippen molar-refractivity contribution in [1.29, 1.82) is 0 Å². The first-order valence-corrected chi connectivity index (χ1v) is 18.3. The number of ether oxygens (including phenoxy) is 2. The molecule has 1 saturated heterocycles. The Bertz CT molecular complexity index is 1740. The van der Waals surface area contributed by atoms with Crippen molar-refractivity contribution in [2.75, 3.05) is 12.4 Å². The molecule has 2 fully saturated rings. The number of hydrogen-bond donors (Lipinski definition) is 0. The molecule has 13 heteroatoms. The zero-order valence-electron chi connectivity index (χ0n) is 26.3. The fourth-order valence-corrected chi connectivity index (χ4v) is 8.41. The van der Waals surface area contributed by atoms with E-state index in [0.717, 1.165) is 24.2 Å². The summed E-state index contributed by atoms with van der Waals surface area (Å²) in [5, 5.41) is 0.808. The van der Waals surface area contributed by atoms with Gasteiger partial charge in [-0.3, -0.25) is 4.79 Å². The van der Waals surface area contributed by atoms with Gasteiger partial charge in [0.15, 0.2) is 15.4 Å². The number of benzene rings is 2. The maximum absolute atomic E-state index is 15.1. The van der Waals surface area contributed by atoms with Crippen molar-refractivity contribution in [3.8, 4) is 0 Å². The number of esters is 1. The molecule has 0 N–H and O–H groups in total. The number of nitrogens with zero attached hydrogens (tertiary/aromatic N) is 2. The standard InChI is InChI=1S/C33H37Cl2FN2O6S2/c1-6-43-30(39)26-17-37-27(45-26)16-33(5)31(40)38(25(19-10-11-19)18-46(41,42)32(2,3)4)28(20-12-13-23(35)24(36)15-20)29(44-33)21-8-7-9-22(34)14-21/h7-9,12-15,17,19,25,28-29H,6,10-11,16,18H2,1-5H3/t25-,28?,29-,33-/m1/s1. The van der Waals surface area contributed by atoms with E-state index in [1.54, 1.807) is 63.8 Å². The van der Waals surface area contributed by atoms with Crippen LogP contribution in [0.4, 0.5) is 4.39 Å². The Kier molecular flexibility index (Phi) is 9.93. The third-order valence-corrected chi connectivity index (χ3v) is 12.7. The van der Waals surface area contributed by atoms with E-state index in [9.17, 15) is 18.0 Å². The summed E-state index contributed by atoms with van der Waals surface area (Å²) in [6, 6.07) is 9.68. The van der Waals surface area contributed by atoms with Crippen molar-refractivity contribution >= 4 is 56.3 Å². The molecule has 0 bridgehead atoms. The van der Waals surface area contributed by atoms with Gasteiger partial charge in [0, 0.05) is 17.5 Å². The number of morpholine rings is 1. The Hall–Kier alpha value is -2.57. The van der Waals surface area contributed by atoms with E-state index in [1.807, 2.05) is 6.07 Å². The van der Waals surface area contributed by atoms with Gasteiger partial charge < -0.3 is 14.4 Å². The lowest BCUT2D eigenvalue weighted by Gasteiger charge is -2.52. The number of aromatic nitrogens is 1. The molecule has 46 heavy (non-hydrogen) atoms. The lowest BCUT2D eigenvalue weighted by atomic mass is 9.85. The summed E-state index contributed by atoms with van der Waals surface area (Å²) >= 11 is 13.6. The van der Waals surface area contributed by atoms with Crippen LogP contribution in [0.15, 0.2) is 48.7 Å². The Morgan fingerprint density at radius 1 is 1.20 bits per heavy atom. The fraction of sp³-hybridized carbons (Fsp3) is 0.485. The topological polar surface area (TPSA) is 103 Å². The Balaban J connectivity index is 1.68. The van der Waals surface area contributed by atoms with Crippen LogP contribution in [0.2, 0.25) is 10.0 Å². The third-order valence-electron chi connectivity index (χ3n) is 8.49. The van der Waals surface area contributed by atoms with Crippen LogP contribution in [0.1, 0.15) is 85.4 Å². The second-order valence-electron chi connectivity index (χ2n) is 13.0. The number of sulfone groups is 1. The average molecular weight is 712 g/mol. The molecule has 0 radical (unpaired) electrons. The minimum absolute atomic E-state index is 0.00538. The highest BCUT2D eigenvalue weighted by Crippen LogP contribution is 2.51. The molecule has 1 aliphatic carbocycles. The molecule has 0 spiro atoms. The van der Waals surface area contributed by atoms with Crippen LogP contribution in [0.25, 0.3) is 0 Å². The lowest BCUT2D eigenvalue weighted by molar-refractivity contribution is -0.202. The quantitative estimate of drug-likeness (QED) is 0.202. The molecule has 1 aliphatic heterocycles. The molecule has 2 heterocycles. The van der Waals surface area contributed by atoms with Gasteiger partial charge in [-0.15, -0.1) is 11.3 Å². The van der Waals surface area contributed by atoms with E-state index < -0.39 is 56.1 Å². The van der Waals surface area contributed by atoms with Crippen molar-refractivity contribution in [2.24, 2.45) is 5.92 Å². The van der Waals surface area contributed by atoms with Crippen LogP contribution in [0, 0.1) is 11.7 Å². The molecular weight excluding hydrogens is 674 g/mol. The van der Waals surface area contributed by atoms with Crippen molar-refractivity contribution in [2.45, 2.75) is 82.4 Å². The van der Waals surface area contributed by atoms with Crippen molar-refractivity contribution < 1.29 is 31.9 Å². The van der Waals surface area contributed by atoms with Gasteiger partial charge in [-0.2, -0.15) is 0 Å². The number of thiazole rings is 1. The molecular formula is C33H37Cl2FN2O6S2. The first-order chi connectivity index (χ1) is 21.5. The fourth-order valence-electron chi connectivity index (χ4n) is 5.76. The number of carbonyl (C=O) groups excluding carboxylic acids is 2. The molecule has 4 atom stereocenters. The van der Waals surface area contributed by atoms with Gasteiger partial charge in [0.2, 0.25) is 0 Å². The summed E-state index contributed by atoms with van der Waals surface area (Å²) < 4.78 is 53.4. The number of halogens is 3. The molecule has 1 unspecified atom stereocenters. The second-order valence-corrected chi connectivity index (χ2v) is 17.7. The van der Waals surface area contributed by atoms with Crippen molar-refractivity contribution in [1.82, 2.24) is 9.88 Å². The SMILES string of the molecule is CCOC(=O)c1cnc(C[C@@]2(C)O[C@H](c3cccc(Cl)c3)C(c3ccc(Cl)c(F)c3)N([C@H](CS(=O)(=O)C(C)(C)C)C3CC3)C2=O)s1. The summed E-state index contributed by atoms with van der Waals surface area (Å²) in [4.78, 5) is 33.6. The Labute approximate surface area is 283 Å². The molecule has 2 aromatic carbocycles. The highest BCUT2D eigenvalue weighted by molar-refractivity contribution is 7.92. The lowest BCUT2D eigenvalue weighted by Crippen LogP contribution is -2.62. The van der Waals surface area contributed by atoms with Gasteiger partial charge in [0.05, 0.1) is 39.4 Å². The van der Waals surface area contributed by atoms with E-state index in [1.165, 1.54) is 18.3 Å². The van der Waals surface area contributed by atoms with Crippen LogP contribution in [0.5, 0.6) is 0 Å². The molecule has 8 nitrogen and oxygen atoms in total. The Morgan fingerprint density at radius 2 is 1.91 bits per heavy atom. The minimum atomic E-state index is -3.70. The summed E-state index contributed by atoms with van der Waals surface area (Å²) in [6.45, 7) is 8.48. The number of rotatable bonds is 10. The van der Waals surface area contributed by atoms with E-state index >= 15 is 4.39 Å². The molecule has 248 valence electrons. The third kappa shape index (κ3) is 7.13. The maximum atomic E-state index is 15.1. The van der Waals surface area contributed by atoms with Crippen LogP contribution in [-0.4, -0.2) is 58.9 Å². The molecule has 2 aliphatic rings. The molecule has 1 aromatic heterocycles. The van der Waals surface area contributed by atoms with E-state index in [2.05, 4.69) is 4.98 Å². The van der Waals surface area contributed by atoms with Gasteiger partial charge >= 0.3 is 5.97 Å². The van der Waals surface area contributed by atoms with Crippen LogP contribution >= 0.6 is 34.5 Å². The Morgan fingerprint density at radius 3 is 2.52 bits per heavy atom. The van der Waals surface area contributed by atoms with Gasteiger partial charge in [0.25, 0.3) is 5.91 Å². The first-order valence-electron chi connectivity index (χ1n) is 15.1. The van der Waals surface area contributed by atoms with Crippen molar-refractivity contribution in [3.63, 3.8) is 0 Å². The van der Waals surface area contributed by atoms with E-state index in [4.69, 9.17) is 32.7 Å². The predicted molar refractivity (Wildman–Crippen MR) is 177 cm³/mol. The van der Waals surface area contributed by atoms with E-state index in [-0.39, 0.29) is 34.6 Å². The normalized spacial score (nSPS) is 23.0. The zero-order chi connectivity index (χ0) is 33.6. The molecule has 5 rings (SSSR count). The smallest absolute Gasteiger partial charge is 0.349 e. The number of carbonyl (C=O) groups is 2. The van der Waals surface area contributed by atoms with Gasteiger partial charge in [0.1, 0.15) is 16.8 Å². The zero-order valence-corrected chi connectivity index (χ0v) is 29.4. The first kappa shape index (κ1) is 34.8. The predicted octanol–water partition coefficient (Wildman–Crippen LogP) is 7.40. The second kappa shape index (κ2) is 13.1. The van der Waals surface area contributed by atoms with Crippen LogP contribution in [-0.2, 0) is 30.5 Å². The van der Waals surface area contributed by atoms with Crippen molar-refractivity contribution in [3.05, 3.63) is 85.5 Å². The number of amides is 1. The van der Waals surface area contributed by atoms with Crippen LogP contribution in [0.3, 0.4) is 0 Å². The average Bonchev–Trinajstić information content (AvgIpc) is 3.72. The van der Waals surface area contributed by atoms with Gasteiger partial charge in [-0.05, 0) is 88.8 Å². The van der Waals surface area contributed by atoms with E-state index in [0.29, 0.717) is 21.2 Å². The molecule has 1 amide bonds. The molecule has 3 aromatic rings. The molecule has 1 saturated carbocycles. The highest BCUT2D eigenvalue weighted by atomic mass is 35.5. The highest BCUT2D eigenvalue weighted by Gasteiger charge is 2.56. The largest absolute Gasteiger partial charge is 0.462 e. The summed E-state index contributed by atoms with van der Waals surface area (Å²) in [7, 11) is -3.70. The summed E-state index contributed by atoms with van der Waals surface area (Å²) in [6.07, 6.45) is 2.00. The minimum Gasteiger partial charge on any atom is -0.462 e. The monoisotopic (exact) mass is 710 g/mol. The van der Waals surface area contributed by atoms with Gasteiger partial charge in [-0.25, -0.2) is 22.6 Å². The van der Waals surface area contributed by atoms with Crippen LogP contribution < -0.4 is 0 Å². The maximum Gasteiger partial charge on any atom is 0.349 e. The van der Waals surface area contributed by atoms with Gasteiger partial charge in [-0.1, -0.05) is 41.4 Å². The summed E-state index contributed by atoms with van der Waals surface area (Å²) in [5.74, 6) is -2.01. The number of hydrogen-bond acceptors (Lipinski definition) is 8. The summed E-state index contributed by atoms with van der Waals surface area (Å²) in [5.41, 5.74) is -0.521.